The molecule has 2 unspecified atom stereocenters. The number of carbonyl (C=O) groups excluding carboxylic acids is 2. The van der Waals surface area contributed by atoms with Gasteiger partial charge in [-0.15, -0.1) is 0 Å². The standard InChI is InChI=1S/C19H17F5N2O2/c1-10(27)16(18(28)26-15-7-3-6-14(20)17(15)21)13(9-25)11-4-2-5-12(8-11)19(22,23)24/h2-8,13,16H,9,25H2,1H3,(H,26,28). The highest BCUT2D eigenvalue weighted by atomic mass is 19.4. The van der Waals surface area contributed by atoms with E-state index in [0.29, 0.717) is 0 Å². The number of hydrogen-bond acceptors (Lipinski definition) is 3. The fourth-order valence-electron chi connectivity index (χ4n) is 2.87. The first-order valence-corrected chi connectivity index (χ1v) is 8.18. The first kappa shape index (κ1) is 21.5. The van der Waals surface area contributed by atoms with E-state index >= 15 is 0 Å². The molecule has 0 aromatic heterocycles. The molecule has 0 bridgehead atoms. The average molecular weight is 400 g/mol. The zero-order valence-electron chi connectivity index (χ0n) is 14.7. The first-order chi connectivity index (χ1) is 13.1. The highest BCUT2D eigenvalue weighted by molar-refractivity contribution is 6.07. The van der Waals surface area contributed by atoms with Crippen LogP contribution in [0.25, 0.3) is 0 Å². The monoisotopic (exact) mass is 400 g/mol. The Hall–Kier alpha value is -2.81. The molecule has 0 fully saturated rings. The van der Waals surface area contributed by atoms with E-state index in [1.165, 1.54) is 6.07 Å². The van der Waals surface area contributed by atoms with Crippen molar-refractivity contribution in [1.82, 2.24) is 0 Å². The van der Waals surface area contributed by atoms with E-state index in [4.69, 9.17) is 5.73 Å². The summed E-state index contributed by atoms with van der Waals surface area (Å²) in [5.74, 6) is -6.77. The van der Waals surface area contributed by atoms with Gasteiger partial charge < -0.3 is 11.1 Å². The largest absolute Gasteiger partial charge is 0.416 e. The van der Waals surface area contributed by atoms with Crippen molar-refractivity contribution in [2.75, 3.05) is 11.9 Å². The highest BCUT2D eigenvalue weighted by Crippen LogP contribution is 2.33. The smallest absolute Gasteiger partial charge is 0.330 e. The van der Waals surface area contributed by atoms with Crippen molar-refractivity contribution >= 4 is 17.4 Å². The van der Waals surface area contributed by atoms with E-state index in [0.717, 1.165) is 43.3 Å². The number of nitrogens with one attached hydrogen (secondary N) is 1. The second kappa shape index (κ2) is 8.47. The number of alkyl halides is 3. The number of nitrogens with two attached hydrogens (primary N) is 1. The van der Waals surface area contributed by atoms with Gasteiger partial charge in [-0.2, -0.15) is 13.2 Å². The first-order valence-electron chi connectivity index (χ1n) is 8.18. The molecule has 2 rings (SSSR count). The lowest BCUT2D eigenvalue weighted by Crippen LogP contribution is -2.37. The Balaban J connectivity index is 2.39. The lowest BCUT2D eigenvalue weighted by Gasteiger charge is -2.24. The van der Waals surface area contributed by atoms with Gasteiger partial charge in [0.25, 0.3) is 0 Å². The summed E-state index contributed by atoms with van der Waals surface area (Å²) in [6.07, 6.45) is -4.62. The van der Waals surface area contributed by atoms with Crippen molar-refractivity contribution < 1.29 is 31.5 Å². The minimum Gasteiger partial charge on any atom is -0.330 e. The van der Waals surface area contributed by atoms with Crippen LogP contribution in [0.15, 0.2) is 42.5 Å². The zero-order chi connectivity index (χ0) is 21.1. The van der Waals surface area contributed by atoms with E-state index in [-0.39, 0.29) is 12.1 Å². The van der Waals surface area contributed by atoms with Crippen molar-refractivity contribution in [3.8, 4) is 0 Å². The fourth-order valence-corrected chi connectivity index (χ4v) is 2.87. The summed E-state index contributed by atoms with van der Waals surface area (Å²) in [4.78, 5) is 24.7. The van der Waals surface area contributed by atoms with E-state index < -0.39 is 52.6 Å². The van der Waals surface area contributed by atoms with Crippen LogP contribution >= 0.6 is 0 Å². The molecule has 4 nitrogen and oxygen atoms in total. The second-order valence-corrected chi connectivity index (χ2v) is 6.14. The normalized spacial score (nSPS) is 13.7. The van der Waals surface area contributed by atoms with Gasteiger partial charge in [-0.1, -0.05) is 24.3 Å². The van der Waals surface area contributed by atoms with Crippen LogP contribution in [0.5, 0.6) is 0 Å². The van der Waals surface area contributed by atoms with Crippen LogP contribution in [0.3, 0.4) is 0 Å². The number of halogens is 5. The predicted molar refractivity (Wildman–Crippen MR) is 92.4 cm³/mol. The molecule has 2 aromatic carbocycles. The molecule has 0 saturated carbocycles. The zero-order valence-corrected chi connectivity index (χ0v) is 14.7. The number of rotatable bonds is 6. The molecule has 0 radical (unpaired) electrons. The molecule has 0 aliphatic heterocycles. The van der Waals surface area contributed by atoms with Gasteiger partial charge in [0.05, 0.1) is 11.3 Å². The molecule has 1 amide bonds. The maximum absolute atomic E-state index is 13.8. The Kier molecular flexibility index (Phi) is 6.50. The predicted octanol–water partition coefficient (Wildman–Crippen LogP) is 3.87. The van der Waals surface area contributed by atoms with Gasteiger partial charge in [0, 0.05) is 12.5 Å². The van der Waals surface area contributed by atoms with Crippen LogP contribution in [0.4, 0.5) is 27.6 Å². The summed E-state index contributed by atoms with van der Waals surface area (Å²) in [7, 11) is 0. The number of carbonyl (C=O) groups is 2. The van der Waals surface area contributed by atoms with Crippen molar-refractivity contribution in [2.24, 2.45) is 11.7 Å². The molecule has 9 heteroatoms. The van der Waals surface area contributed by atoms with Crippen LogP contribution < -0.4 is 11.1 Å². The molecule has 2 atom stereocenters. The van der Waals surface area contributed by atoms with Crippen LogP contribution in [-0.4, -0.2) is 18.2 Å². The van der Waals surface area contributed by atoms with Crippen molar-refractivity contribution in [2.45, 2.75) is 19.0 Å². The van der Waals surface area contributed by atoms with Gasteiger partial charge in [0.1, 0.15) is 11.7 Å². The summed E-state index contributed by atoms with van der Waals surface area (Å²) in [5.41, 5.74) is 4.23. The van der Waals surface area contributed by atoms with Gasteiger partial charge in [-0.25, -0.2) is 8.78 Å². The van der Waals surface area contributed by atoms with Gasteiger partial charge in [-0.3, -0.25) is 9.59 Å². The highest BCUT2D eigenvalue weighted by Gasteiger charge is 2.35. The third-order valence-electron chi connectivity index (χ3n) is 4.23. The molecule has 150 valence electrons. The Morgan fingerprint density at radius 3 is 2.32 bits per heavy atom. The molecular formula is C19H17F5N2O2. The Labute approximate surface area is 157 Å². The molecule has 28 heavy (non-hydrogen) atoms. The van der Waals surface area contributed by atoms with Crippen LogP contribution in [-0.2, 0) is 15.8 Å². The van der Waals surface area contributed by atoms with E-state index in [1.54, 1.807) is 0 Å². The molecular weight excluding hydrogens is 383 g/mol. The number of Topliss-reactive ketones (excluding diaryl/α,β-unsaturated/α-hetero) is 1. The SMILES string of the molecule is CC(=O)C(C(=O)Nc1cccc(F)c1F)C(CN)c1cccc(C(F)(F)F)c1. The summed E-state index contributed by atoms with van der Waals surface area (Å²) in [5, 5.41) is 2.11. The number of hydrogen-bond donors (Lipinski definition) is 2. The number of amides is 1. The molecule has 0 aliphatic carbocycles. The second-order valence-electron chi connectivity index (χ2n) is 6.14. The molecule has 0 heterocycles. The summed E-state index contributed by atoms with van der Waals surface area (Å²) >= 11 is 0. The van der Waals surface area contributed by atoms with Gasteiger partial charge in [0.2, 0.25) is 5.91 Å². The fraction of sp³-hybridized carbons (Fsp3) is 0.263. The van der Waals surface area contributed by atoms with Gasteiger partial charge >= 0.3 is 6.18 Å². The maximum Gasteiger partial charge on any atom is 0.416 e. The number of ketones is 1. The molecule has 0 spiro atoms. The average Bonchev–Trinajstić information content (AvgIpc) is 2.62. The van der Waals surface area contributed by atoms with Crippen LogP contribution in [0, 0.1) is 17.6 Å². The topological polar surface area (TPSA) is 72.2 Å². The number of benzene rings is 2. The third kappa shape index (κ3) is 4.72. The lowest BCUT2D eigenvalue weighted by molar-refractivity contribution is -0.137. The van der Waals surface area contributed by atoms with Crippen molar-refractivity contribution in [3.05, 3.63) is 65.2 Å². The Morgan fingerprint density at radius 2 is 1.75 bits per heavy atom. The summed E-state index contributed by atoms with van der Waals surface area (Å²) in [6, 6.07) is 7.21. The molecule has 3 N–H and O–H groups in total. The van der Waals surface area contributed by atoms with Crippen molar-refractivity contribution in [1.29, 1.82) is 0 Å². The molecule has 0 saturated heterocycles. The minimum atomic E-state index is -4.62. The van der Waals surface area contributed by atoms with Gasteiger partial charge in [-0.05, 0) is 30.7 Å². The molecule has 2 aromatic rings. The lowest BCUT2D eigenvalue weighted by atomic mass is 9.82. The van der Waals surface area contributed by atoms with Gasteiger partial charge in [0.15, 0.2) is 11.6 Å². The van der Waals surface area contributed by atoms with Crippen LogP contribution in [0.1, 0.15) is 24.0 Å². The van der Waals surface area contributed by atoms with E-state index in [2.05, 4.69) is 5.32 Å². The summed E-state index contributed by atoms with van der Waals surface area (Å²) < 4.78 is 66.0. The minimum absolute atomic E-state index is 0.0346. The quantitative estimate of drug-likeness (QED) is 0.571. The summed E-state index contributed by atoms with van der Waals surface area (Å²) in [6.45, 7) is 0.757. The van der Waals surface area contributed by atoms with Crippen molar-refractivity contribution in [3.63, 3.8) is 0 Å². The van der Waals surface area contributed by atoms with E-state index in [1.807, 2.05) is 0 Å². The Morgan fingerprint density at radius 1 is 1.11 bits per heavy atom. The third-order valence-corrected chi connectivity index (χ3v) is 4.23. The Bertz CT molecular complexity index is 883. The van der Waals surface area contributed by atoms with Crippen LogP contribution in [0.2, 0.25) is 0 Å². The maximum atomic E-state index is 13.8. The van der Waals surface area contributed by atoms with E-state index in [9.17, 15) is 31.5 Å². The number of anilines is 1. The molecule has 0 aliphatic rings.